The van der Waals surface area contributed by atoms with Crippen molar-refractivity contribution in [3.63, 3.8) is 0 Å². The third kappa shape index (κ3) is 2.31. The monoisotopic (exact) mass is 308 g/mol. The number of rotatable bonds is 2. The van der Waals surface area contributed by atoms with Crippen molar-refractivity contribution in [2.45, 2.75) is 19.9 Å². The first-order valence-corrected chi connectivity index (χ1v) is 8.58. The van der Waals surface area contributed by atoms with Crippen molar-refractivity contribution in [2.75, 3.05) is 13.6 Å². The fraction of sp³-hybridized carbons (Fsp3) is 0.263. The van der Waals surface area contributed by atoms with Gasteiger partial charge in [-0.2, -0.15) is 0 Å². The van der Waals surface area contributed by atoms with Crippen LogP contribution in [0.1, 0.15) is 21.7 Å². The molecule has 3 heteroatoms. The van der Waals surface area contributed by atoms with E-state index in [-0.39, 0.29) is 0 Å². The minimum atomic E-state index is 1.06. The van der Waals surface area contributed by atoms with Crippen LogP contribution in [-0.2, 0) is 13.0 Å². The number of fused-ring (bicyclic) bond motifs is 3. The Kier molecular flexibility index (Phi) is 3.40. The first-order chi connectivity index (χ1) is 10.7. The molecule has 0 N–H and O–H groups in total. The van der Waals surface area contributed by atoms with Crippen LogP contribution in [0, 0.1) is 6.92 Å². The average Bonchev–Trinajstić information content (AvgIpc) is 3.02. The van der Waals surface area contributed by atoms with Gasteiger partial charge in [-0.05, 0) is 37.2 Å². The number of aryl methyl sites for hydroxylation is 1. The Bertz CT molecular complexity index is 839. The van der Waals surface area contributed by atoms with Crippen molar-refractivity contribution < 1.29 is 0 Å². The van der Waals surface area contributed by atoms with Crippen molar-refractivity contribution >= 4 is 33.8 Å². The van der Waals surface area contributed by atoms with Crippen LogP contribution in [0.5, 0.6) is 0 Å². The molecule has 0 saturated heterocycles. The second kappa shape index (κ2) is 5.41. The molecule has 1 aliphatic rings. The zero-order chi connectivity index (χ0) is 15.1. The van der Waals surface area contributed by atoms with Crippen LogP contribution in [-0.4, -0.2) is 23.1 Å². The van der Waals surface area contributed by atoms with Gasteiger partial charge in [0, 0.05) is 41.7 Å². The lowest BCUT2D eigenvalue weighted by Gasteiger charge is -2.23. The maximum absolute atomic E-state index is 2.42. The fourth-order valence-corrected chi connectivity index (χ4v) is 4.34. The topological polar surface area (TPSA) is 8.17 Å². The van der Waals surface area contributed by atoms with Gasteiger partial charge in [-0.15, -0.1) is 11.3 Å². The Morgan fingerprint density at radius 1 is 1.18 bits per heavy atom. The molecule has 3 aromatic rings. The van der Waals surface area contributed by atoms with Crippen LogP contribution in [0.3, 0.4) is 0 Å². The van der Waals surface area contributed by atoms with E-state index in [0.717, 1.165) is 19.5 Å². The van der Waals surface area contributed by atoms with E-state index < -0.39 is 0 Å². The van der Waals surface area contributed by atoms with Gasteiger partial charge >= 0.3 is 0 Å². The molecule has 0 spiro atoms. The molecule has 0 saturated carbocycles. The number of likely N-dealkylation sites (N-methyl/N-ethyl adjacent to an activating group) is 1. The Labute approximate surface area is 135 Å². The van der Waals surface area contributed by atoms with Gasteiger partial charge in [0.05, 0.1) is 0 Å². The average molecular weight is 308 g/mol. The summed E-state index contributed by atoms with van der Waals surface area (Å²) in [5.74, 6) is 0. The quantitative estimate of drug-likeness (QED) is 0.670. The molecular formula is C19H20N2S. The second-order valence-electron chi connectivity index (χ2n) is 6.09. The largest absolute Gasteiger partial charge is 0.312 e. The Morgan fingerprint density at radius 3 is 2.82 bits per heavy atom. The summed E-state index contributed by atoms with van der Waals surface area (Å²) in [5, 5.41) is 1.45. The summed E-state index contributed by atoms with van der Waals surface area (Å²) in [7, 11) is 2.21. The van der Waals surface area contributed by atoms with Gasteiger partial charge in [-0.25, -0.2) is 0 Å². The molecule has 2 aromatic heterocycles. The van der Waals surface area contributed by atoms with E-state index in [9.17, 15) is 0 Å². The highest BCUT2D eigenvalue weighted by atomic mass is 32.1. The van der Waals surface area contributed by atoms with Crippen LogP contribution >= 0.6 is 11.3 Å². The van der Waals surface area contributed by atoms with E-state index >= 15 is 0 Å². The molecule has 0 radical (unpaired) electrons. The standard InChI is InChI=1S/C19H20N2S/c1-14-12-16-17-13-20(2)10-9-18(17)21(19(16)22-14)11-8-15-6-4-3-5-7-15/h3-8,11-12H,9-10,13H2,1-2H3/b11-8-. The molecule has 0 bridgehead atoms. The molecule has 0 fully saturated rings. The fourth-order valence-electron chi connectivity index (χ4n) is 3.30. The Balaban J connectivity index is 1.84. The summed E-state index contributed by atoms with van der Waals surface area (Å²) in [5.41, 5.74) is 4.26. The molecular weight excluding hydrogens is 288 g/mol. The number of benzene rings is 1. The predicted molar refractivity (Wildman–Crippen MR) is 96.3 cm³/mol. The minimum Gasteiger partial charge on any atom is -0.312 e. The molecule has 0 amide bonds. The SMILES string of the molecule is Cc1cc2c3c(n(/C=C\c4ccccc4)c2s1)CCN(C)C3. The first kappa shape index (κ1) is 13.8. The number of nitrogens with zero attached hydrogens (tertiary/aromatic N) is 2. The lowest BCUT2D eigenvalue weighted by Crippen LogP contribution is -2.26. The van der Waals surface area contributed by atoms with Crippen LogP contribution in [0.2, 0.25) is 0 Å². The minimum absolute atomic E-state index is 1.06. The van der Waals surface area contributed by atoms with E-state index in [4.69, 9.17) is 0 Å². The molecule has 1 aromatic carbocycles. The van der Waals surface area contributed by atoms with Crippen molar-refractivity contribution in [1.29, 1.82) is 0 Å². The lowest BCUT2D eigenvalue weighted by atomic mass is 10.1. The van der Waals surface area contributed by atoms with Crippen LogP contribution in [0.4, 0.5) is 0 Å². The van der Waals surface area contributed by atoms with Crippen molar-refractivity contribution in [3.05, 3.63) is 58.1 Å². The maximum atomic E-state index is 2.42. The summed E-state index contributed by atoms with van der Waals surface area (Å²) in [4.78, 5) is 5.20. The van der Waals surface area contributed by atoms with Crippen LogP contribution < -0.4 is 0 Å². The van der Waals surface area contributed by atoms with Gasteiger partial charge < -0.3 is 9.47 Å². The normalized spacial score (nSPS) is 15.7. The molecule has 22 heavy (non-hydrogen) atoms. The highest BCUT2D eigenvalue weighted by Crippen LogP contribution is 2.36. The van der Waals surface area contributed by atoms with Crippen LogP contribution in [0.25, 0.3) is 22.5 Å². The molecule has 0 atom stereocenters. The predicted octanol–water partition coefficient (Wildman–Crippen LogP) is 4.63. The summed E-state index contributed by atoms with van der Waals surface area (Å²) in [6, 6.07) is 12.9. The van der Waals surface area contributed by atoms with Gasteiger partial charge in [0.2, 0.25) is 0 Å². The van der Waals surface area contributed by atoms with Crippen molar-refractivity contribution in [1.82, 2.24) is 9.47 Å². The van der Waals surface area contributed by atoms with E-state index in [1.807, 2.05) is 11.3 Å². The Hall–Kier alpha value is -1.84. The van der Waals surface area contributed by atoms with Crippen molar-refractivity contribution in [3.8, 4) is 0 Å². The molecule has 0 unspecified atom stereocenters. The molecule has 112 valence electrons. The van der Waals surface area contributed by atoms with Gasteiger partial charge in [0.1, 0.15) is 4.83 Å². The number of thiophene rings is 1. The molecule has 4 rings (SSSR count). The zero-order valence-electron chi connectivity index (χ0n) is 13.0. The van der Waals surface area contributed by atoms with E-state index in [2.05, 4.69) is 72.1 Å². The third-order valence-corrected chi connectivity index (χ3v) is 5.44. The lowest BCUT2D eigenvalue weighted by molar-refractivity contribution is 0.312. The molecule has 3 heterocycles. The smallest absolute Gasteiger partial charge is 0.107 e. The van der Waals surface area contributed by atoms with Crippen LogP contribution in [0.15, 0.2) is 36.4 Å². The number of aromatic nitrogens is 1. The van der Waals surface area contributed by atoms with E-state index in [0.29, 0.717) is 0 Å². The third-order valence-electron chi connectivity index (χ3n) is 4.39. The molecule has 0 aliphatic carbocycles. The summed E-state index contributed by atoms with van der Waals surface area (Å²) >= 11 is 1.90. The maximum Gasteiger partial charge on any atom is 0.107 e. The van der Waals surface area contributed by atoms with Gasteiger partial charge in [-0.1, -0.05) is 30.3 Å². The Morgan fingerprint density at radius 2 is 2.00 bits per heavy atom. The summed E-state index contributed by atoms with van der Waals surface area (Å²) < 4.78 is 2.42. The highest BCUT2D eigenvalue weighted by Gasteiger charge is 2.22. The second-order valence-corrected chi connectivity index (χ2v) is 7.32. The molecule has 1 aliphatic heterocycles. The van der Waals surface area contributed by atoms with E-state index in [1.165, 1.54) is 31.9 Å². The number of hydrogen-bond acceptors (Lipinski definition) is 2. The van der Waals surface area contributed by atoms with Gasteiger partial charge in [0.15, 0.2) is 0 Å². The van der Waals surface area contributed by atoms with Gasteiger partial charge in [-0.3, -0.25) is 0 Å². The van der Waals surface area contributed by atoms with Gasteiger partial charge in [0.25, 0.3) is 0 Å². The number of hydrogen-bond donors (Lipinski definition) is 0. The van der Waals surface area contributed by atoms with E-state index in [1.54, 1.807) is 0 Å². The van der Waals surface area contributed by atoms with Crippen molar-refractivity contribution in [2.24, 2.45) is 0 Å². The molecule has 2 nitrogen and oxygen atoms in total. The zero-order valence-corrected chi connectivity index (χ0v) is 13.9. The summed E-state index contributed by atoms with van der Waals surface area (Å²) in [6.07, 6.45) is 5.59. The highest BCUT2D eigenvalue weighted by molar-refractivity contribution is 7.18. The first-order valence-electron chi connectivity index (χ1n) is 7.76. The summed E-state index contributed by atoms with van der Waals surface area (Å²) in [6.45, 7) is 4.41.